The van der Waals surface area contributed by atoms with Crippen LogP contribution in [0.4, 0.5) is 11.4 Å². The lowest BCUT2D eigenvalue weighted by atomic mass is 10.0. The maximum absolute atomic E-state index is 12.9. The van der Waals surface area contributed by atoms with E-state index in [-0.39, 0.29) is 11.8 Å². The Hall–Kier alpha value is -2.66. The Kier molecular flexibility index (Phi) is 4.01. The zero-order valence-electron chi connectivity index (χ0n) is 14.0. The maximum atomic E-state index is 12.9. The van der Waals surface area contributed by atoms with E-state index in [0.717, 1.165) is 35.9 Å². The number of rotatable bonds is 4. The molecular weight excluding hydrogens is 316 g/mol. The molecule has 0 bridgehead atoms. The minimum absolute atomic E-state index is 0.0263. The maximum Gasteiger partial charge on any atom is 0.259 e. The van der Waals surface area contributed by atoms with Crippen LogP contribution in [-0.4, -0.2) is 31.6 Å². The highest BCUT2D eigenvalue weighted by Crippen LogP contribution is 2.41. The van der Waals surface area contributed by atoms with E-state index >= 15 is 0 Å². The molecule has 2 amide bonds. The molecule has 2 aliphatic rings. The first-order valence-electron chi connectivity index (χ1n) is 8.58. The van der Waals surface area contributed by atoms with Crippen LogP contribution in [0.3, 0.4) is 0 Å². The van der Waals surface area contributed by atoms with Crippen LogP contribution < -0.4 is 10.2 Å². The van der Waals surface area contributed by atoms with Crippen LogP contribution in [0.25, 0.3) is 10.8 Å². The Morgan fingerprint density at radius 1 is 1.36 bits per heavy atom. The number of anilines is 2. The van der Waals surface area contributed by atoms with Gasteiger partial charge in [-0.25, -0.2) is 0 Å². The van der Waals surface area contributed by atoms with Gasteiger partial charge in [0.05, 0.1) is 12.3 Å². The number of hydrogen-bond donors (Lipinski definition) is 1. The molecule has 1 saturated heterocycles. The SMILES string of the molecule is C=CC(=O)Nc1ccc2c3c(cccc13)C(=O)N2CC1CCCOC1. The third-order valence-corrected chi connectivity index (χ3v) is 4.92. The minimum atomic E-state index is -0.263. The van der Waals surface area contributed by atoms with Crippen LogP contribution in [0.2, 0.25) is 0 Å². The van der Waals surface area contributed by atoms with Crippen molar-refractivity contribution in [2.75, 3.05) is 30.0 Å². The Labute approximate surface area is 146 Å². The van der Waals surface area contributed by atoms with Crippen molar-refractivity contribution >= 4 is 34.0 Å². The molecule has 25 heavy (non-hydrogen) atoms. The van der Waals surface area contributed by atoms with Crippen molar-refractivity contribution in [1.82, 2.24) is 0 Å². The van der Waals surface area contributed by atoms with Gasteiger partial charge in [-0.15, -0.1) is 0 Å². The van der Waals surface area contributed by atoms with Crippen LogP contribution in [0, 0.1) is 5.92 Å². The molecule has 2 aromatic rings. The lowest BCUT2D eigenvalue weighted by molar-refractivity contribution is -0.111. The van der Waals surface area contributed by atoms with Gasteiger partial charge in [-0.3, -0.25) is 9.59 Å². The smallest absolute Gasteiger partial charge is 0.259 e. The van der Waals surface area contributed by atoms with Gasteiger partial charge < -0.3 is 15.0 Å². The summed E-state index contributed by atoms with van der Waals surface area (Å²) in [6.45, 7) is 5.67. The predicted molar refractivity (Wildman–Crippen MR) is 98.0 cm³/mol. The van der Waals surface area contributed by atoms with E-state index in [9.17, 15) is 9.59 Å². The van der Waals surface area contributed by atoms with Crippen LogP contribution in [-0.2, 0) is 9.53 Å². The summed E-state index contributed by atoms with van der Waals surface area (Å²) in [5, 5.41) is 4.61. The molecule has 0 aromatic heterocycles. The second kappa shape index (κ2) is 6.33. The number of nitrogens with zero attached hydrogens (tertiary/aromatic N) is 1. The molecule has 2 aromatic carbocycles. The summed E-state index contributed by atoms with van der Waals surface area (Å²) in [5.74, 6) is 0.127. The summed E-state index contributed by atoms with van der Waals surface area (Å²) in [4.78, 5) is 26.5. The van der Waals surface area contributed by atoms with Crippen LogP contribution in [0.15, 0.2) is 43.0 Å². The molecule has 128 valence electrons. The van der Waals surface area contributed by atoms with E-state index in [1.165, 1.54) is 6.08 Å². The molecule has 0 radical (unpaired) electrons. The van der Waals surface area contributed by atoms with Crippen molar-refractivity contribution in [2.45, 2.75) is 12.8 Å². The van der Waals surface area contributed by atoms with Crippen LogP contribution >= 0.6 is 0 Å². The number of amides is 2. The number of ether oxygens (including phenoxy) is 1. The van der Waals surface area contributed by atoms with Crippen molar-refractivity contribution < 1.29 is 14.3 Å². The molecule has 0 aliphatic carbocycles. The number of nitrogens with one attached hydrogen (secondary N) is 1. The molecule has 0 saturated carbocycles. The van der Waals surface area contributed by atoms with Crippen molar-refractivity contribution in [2.24, 2.45) is 5.92 Å². The second-order valence-corrected chi connectivity index (χ2v) is 6.55. The number of carbonyl (C=O) groups excluding carboxylic acids is 2. The topological polar surface area (TPSA) is 58.6 Å². The van der Waals surface area contributed by atoms with Gasteiger partial charge in [0.15, 0.2) is 0 Å². The van der Waals surface area contributed by atoms with Crippen molar-refractivity contribution in [3.63, 3.8) is 0 Å². The molecule has 0 spiro atoms. The molecule has 5 nitrogen and oxygen atoms in total. The fourth-order valence-corrected chi connectivity index (χ4v) is 3.73. The van der Waals surface area contributed by atoms with Crippen LogP contribution in [0.1, 0.15) is 23.2 Å². The monoisotopic (exact) mass is 336 g/mol. The van der Waals surface area contributed by atoms with Gasteiger partial charge in [0.1, 0.15) is 0 Å². The normalized spacial score (nSPS) is 19.3. The third kappa shape index (κ3) is 2.70. The van der Waals surface area contributed by atoms with Gasteiger partial charge in [-0.05, 0) is 37.1 Å². The van der Waals surface area contributed by atoms with Crippen LogP contribution in [0.5, 0.6) is 0 Å². The summed E-state index contributed by atoms with van der Waals surface area (Å²) in [6, 6.07) is 9.41. The van der Waals surface area contributed by atoms with E-state index in [2.05, 4.69) is 11.9 Å². The molecule has 1 fully saturated rings. The first-order chi connectivity index (χ1) is 12.2. The molecule has 1 unspecified atom stereocenters. The Morgan fingerprint density at radius 3 is 3.00 bits per heavy atom. The van der Waals surface area contributed by atoms with Gasteiger partial charge in [0.25, 0.3) is 5.91 Å². The Balaban J connectivity index is 1.74. The van der Waals surface area contributed by atoms with Gasteiger partial charge in [0.2, 0.25) is 5.91 Å². The third-order valence-electron chi connectivity index (χ3n) is 4.92. The number of benzene rings is 2. The van der Waals surface area contributed by atoms with E-state index in [0.29, 0.717) is 30.3 Å². The molecular formula is C20H20N2O3. The molecule has 2 heterocycles. The van der Waals surface area contributed by atoms with Gasteiger partial charge in [-0.1, -0.05) is 18.7 Å². The summed E-state index contributed by atoms with van der Waals surface area (Å²) in [7, 11) is 0. The highest BCUT2D eigenvalue weighted by Gasteiger charge is 2.32. The first-order valence-corrected chi connectivity index (χ1v) is 8.58. The minimum Gasteiger partial charge on any atom is -0.381 e. The first kappa shape index (κ1) is 15.8. The standard InChI is InChI=1S/C20H20N2O3/c1-2-18(23)21-16-8-9-17-19-14(16)6-3-7-15(19)20(24)22(17)11-13-5-4-10-25-12-13/h2-3,6-9,13H,1,4-5,10-12H2,(H,21,23). The summed E-state index contributed by atoms with van der Waals surface area (Å²) < 4.78 is 5.56. The zero-order valence-corrected chi connectivity index (χ0v) is 14.0. The molecule has 1 N–H and O–H groups in total. The Morgan fingerprint density at radius 2 is 2.24 bits per heavy atom. The molecule has 4 rings (SSSR count). The molecule has 5 heteroatoms. The van der Waals surface area contributed by atoms with E-state index < -0.39 is 0 Å². The summed E-state index contributed by atoms with van der Waals surface area (Å²) in [5.41, 5.74) is 2.30. The average Bonchev–Trinajstić information content (AvgIpc) is 2.92. The second-order valence-electron chi connectivity index (χ2n) is 6.55. The fourth-order valence-electron chi connectivity index (χ4n) is 3.73. The van der Waals surface area contributed by atoms with Crippen molar-refractivity contribution in [3.8, 4) is 0 Å². The number of carbonyl (C=O) groups is 2. The van der Waals surface area contributed by atoms with E-state index in [4.69, 9.17) is 4.74 Å². The van der Waals surface area contributed by atoms with Crippen molar-refractivity contribution in [1.29, 1.82) is 0 Å². The Bertz CT molecular complexity index is 869. The zero-order chi connectivity index (χ0) is 17.4. The quantitative estimate of drug-likeness (QED) is 0.871. The van der Waals surface area contributed by atoms with Gasteiger partial charge >= 0.3 is 0 Å². The predicted octanol–water partition coefficient (Wildman–Crippen LogP) is 3.35. The molecule has 2 aliphatic heterocycles. The highest BCUT2D eigenvalue weighted by molar-refractivity contribution is 6.27. The summed E-state index contributed by atoms with van der Waals surface area (Å²) >= 11 is 0. The lowest BCUT2D eigenvalue weighted by Gasteiger charge is -2.27. The fraction of sp³-hybridized carbons (Fsp3) is 0.300. The van der Waals surface area contributed by atoms with E-state index in [1.807, 2.05) is 35.2 Å². The largest absolute Gasteiger partial charge is 0.381 e. The van der Waals surface area contributed by atoms with Gasteiger partial charge in [-0.2, -0.15) is 0 Å². The lowest BCUT2D eigenvalue weighted by Crippen LogP contribution is -2.35. The molecule has 1 atom stereocenters. The summed E-state index contributed by atoms with van der Waals surface area (Å²) in [6.07, 6.45) is 3.36. The average molecular weight is 336 g/mol. The van der Waals surface area contributed by atoms with Gasteiger partial charge in [0, 0.05) is 41.1 Å². The van der Waals surface area contributed by atoms with Crippen molar-refractivity contribution in [3.05, 3.63) is 48.6 Å². The number of hydrogen-bond acceptors (Lipinski definition) is 3. The van der Waals surface area contributed by atoms with E-state index in [1.54, 1.807) is 0 Å². The highest BCUT2D eigenvalue weighted by atomic mass is 16.5.